The number of hydrogen-bond donors (Lipinski definition) is 0. The molecule has 3 aromatic carbocycles. The summed E-state index contributed by atoms with van der Waals surface area (Å²) in [4.78, 5) is 24.6. The molecule has 0 N–H and O–H groups in total. The first-order valence-corrected chi connectivity index (χ1v) is 8.26. The Balaban J connectivity index is 1.72. The molecule has 0 saturated heterocycles. The van der Waals surface area contributed by atoms with Crippen LogP contribution in [-0.2, 0) is 4.74 Å². The van der Waals surface area contributed by atoms with Crippen LogP contribution in [-0.4, -0.2) is 25.5 Å². The molecule has 7 heteroatoms. The lowest BCUT2D eigenvalue weighted by Crippen LogP contribution is -1.99. The molecular weight excluding hydrogens is 352 g/mol. The molecule has 0 spiro atoms. The molecule has 3 aromatic rings. The van der Waals surface area contributed by atoms with Crippen LogP contribution in [0.2, 0.25) is 0 Å². The van der Waals surface area contributed by atoms with Gasteiger partial charge in [-0.3, -0.25) is 0 Å². The van der Waals surface area contributed by atoms with Crippen LogP contribution < -0.4 is 18.9 Å². The van der Waals surface area contributed by atoms with Gasteiger partial charge in [-0.05, 0) is 46.7 Å². The van der Waals surface area contributed by atoms with E-state index in [1.54, 1.807) is 24.3 Å². The van der Waals surface area contributed by atoms with Gasteiger partial charge in [-0.1, -0.05) is 6.07 Å². The average Bonchev–Trinajstić information content (AvgIpc) is 3.37. The summed E-state index contributed by atoms with van der Waals surface area (Å²) in [6.07, 6.45) is 0. The van der Waals surface area contributed by atoms with Crippen molar-refractivity contribution in [3.05, 3.63) is 47.5 Å². The maximum Gasteiger partial charge on any atom is 0.347 e. The van der Waals surface area contributed by atoms with Crippen molar-refractivity contribution < 1.29 is 33.3 Å². The van der Waals surface area contributed by atoms with E-state index in [1.807, 2.05) is 12.1 Å². The van der Waals surface area contributed by atoms with Crippen molar-refractivity contribution in [2.24, 2.45) is 0 Å². The molecule has 3 heterocycles. The second kappa shape index (κ2) is 4.91. The van der Waals surface area contributed by atoms with Crippen LogP contribution in [0.1, 0.15) is 20.7 Å². The van der Waals surface area contributed by atoms with Gasteiger partial charge in [0.05, 0.1) is 11.1 Å². The van der Waals surface area contributed by atoms with E-state index in [0.717, 1.165) is 10.8 Å². The Labute approximate surface area is 152 Å². The van der Waals surface area contributed by atoms with E-state index >= 15 is 0 Å². The van der Waals surface area contributed by atoms with Gasteiger partial charge in [0, 0.05) is 5.56 Å². The molecule has 3 aliphatic rings. The average molecular weight is 362 g/mol. The summed E-state index contributed by atoms with van der Waals surface area (Å²) in [7, 11) is 0. The molecule has 27 heavy (non-hydrogen) atoms. The third kappa shape index (κ3) is 1.90. The Morgan fingerprint density at radius 3 is 2.19 bits per heavy atom. The zero-order chi connectivity index (χ0) is 18.1. The van der Waals surface area contributed by atoms with Crippen molar-refractivity contribution in [2.75, 3.05) is 13.6 Å². The summed E-state index contributed by atoms with van der Waals surface area (Å²) in [6.45, 7) is 0.275. The number of fused-ring (bicyclic) bond motifs is 4. The van der Waals surface area contributed by atoms with Gasteiger partial charge in [0.2, 0.25) is 13.6 Å². The number of esters is 2. The molecule has 3 aliphatic heterocycles. The number of hydrogen-bond acceptors (Lipinski definition) is 7. The first-order chi connectivity index (χ1) is 13.2. The van der Waals surface area contributed by atoms with Gasteiger partial charge in [0.15, 0.2) is 23.0 Å². The van der Waals surface area contributed by atoms with Crippen molar-refractivity contribution in [3.8, 4) is 34.1 Å². The van der Waals surface area contributed by atoms with Crippen molar-refractivity contribution in [1.29, 1.82) is 0 Å². The normalized spacial score (nSPS) is 16.0. The Morgan fingerprint density at radius 2 is 1.37 bits per heavy atom. The Kier molecular flexibility index (Phi) is 2.63. The second-order valence-electron chi connectivity index (χ2n) is 6.35. The van der Waals surface area contributed by atoms with E-state index in [1.165, 1.54) is 0 Å². The van der Waals surface area contributed by atoms with Crippen molar-refractivity contribution in [2.45, 2.75) is 0 Å². The number of carbonyl (C=O) groups is 2. The minimum Gasteiger partial charge on any atom is -0.454 e. The van der Waals surface area contributed by atoms with Crippen LogP contribution in [0.4, 0.5) is 0 Å². The quantitative estimate of drug-likeness (QED) is 0.485. The molecule has 0 bridgehead atoms. The van der Waals surface area contributed by atoms with Crippen LogP contribution in [0, 0.1) is 0 Å². The third-order valence-electron chi connectivity index (χ3n) is 4.90. The van der Waals surface area contributed by atoms with Gasteiger partial charge < -0.3 is 23.7 Å². The predicted molar refractivity (Wildman–Crippen MR) is 91.4 cm³/mol. The molecule has 0 amide bonds. The van der Waals surface area contributed by atoms with E-state index in [-0.39, 0.29) is 24.7 Å². The van der Waals surface area contributed by atoms with E-state index in [2.05, 4.69) is 0 Å². The fourth-order valence-corrected chi connectivity index (χ4v) is 3.71. The van der Waals surface area contributed by atoms with Crippen LogP contribution in [0.5, 0.6) is 23.0 Å². The highest BCUT2D eigenvalue weighted by Crippen LogP contribution is 2.45. The molecule has 0 atom stereocenters. The van der Waals surface area contributed by atoms with Gasteiger partial charge in [0.25, 0.3) is 0 Å². The molecule has 0 saturated carbocycles. The molecule has 0 aromatic heterocycles. The number of ether oxygens (including phenoxy) is 5. The zero-order valence-corrected chi connectivity index (χ0v) is 13.7. The molecule has 132 valence electrons. The van der Waals surface area contributed by atoms with Crippen LogP contribution in [0.3, 0.4) is 0 Å². The molecule has 0 radical (unpaired) electrons. The minimum absolute atomic E-state index is 0.131. The van der Waals surface area contributed by atoms with Crippen molar-refractivity contribution in [3.63, 3.8) is 0 Å². The Bertz CT molecular complexity index is 1190. The third-order valence-corrected chi connectivity index (χ3v) is 4.90. The maximum absolute atomic E-state index is 12.4. The minimum atomic E-state index is -0.665. The summed E-state index contributed by atoms with van der Waals surface area (Å²) in [5, 5.41) is 1.50. The Morgan fingerprint density at radius 1 is 0.667 bits per heavy atom. The van der Waals surface area contributed by atoms with Gasteiger partial charge >= 0.3 is 11.9 Å². The first kappa shape index (κ1) is 14.4. The van der Waals surface area contributed by atoms with Gasteiger partial charge in [0.1, 0.15) is 0 Å². The Hall–Kier alpha value is -3.74. The largest absolute Gasteiger partial charge is 0.454 e. The van der Waals surface area contributed by atoms with Crippen molar-refractivity contribution in [1.82, 2.24) is 0 Å². The van der Waals surface area contributed by atoms with Crippen LogP contribution >= 0.6 is 0 Å². The summed E-state index contributed by atoms with van der Waals surface area (Å²) < 4.78 is 26.6. The second-order valence-corrected chi connectivity index (χ2v) is 6.35. The molecule has 0 aliphatic carbocycles. The van der Waals surface area contributed by atoms with E-state index in [0.29, 0.717) is 34.1 Å². The number of cyclic esters (lactones) is 2. The molecule has 7 nitrogen and oxygen atoms in total. The monoisotopic (exact) mass is 362 g/mol. The smallest absolute Gasteiger partial charge is 0.347 e. The highest BCUT2D eigenvalue weighted by atomic mass is 16.7. The molecule has 0 fully saturated rings. The summed E-state index contributed by atoms with van der Waals surface area (Å²) in [5.41, 5.74) is 1.78. The van der Waals surface area contributed by atoms with Crippen LogP contribution in [0.15, 0.2) is 36.4 Å². The van der Waals surface area contributed by atoms with Gasteiger partial charge in [-0.25, -0.2) is 9.59 Å². The number of carbonyl (C=O) groups excluding carboxylic acids is 2. The molecule has 0 unspecified atom stereocenters. The highest BCUT2D eigenvalue weighted by Gasteiger charge is 2.35. The zero-order valence-electron chi connectivity index (χ0n) is 13.7. The summed E-state index contributed by atoms with van der Waals surface area (Å²) in [5.74, 6) is 1.07. The van der Waals surface area contributed by atoms with Crippen molar-refractivity contribution >= 4 is 22.7 Å². The first-order valence-electron chi connectivity index (χ1n) is 8.26. The standard InChI is InChI=1S/C20H10O7/c21-19-12-3-10-5-15-16(26-8-25-15)6-11(10)17(18(12)20(22)27-19)9-1-2-13-14(4-9)24-7-23-13/h1-6H,7-8H2. The van der Waals surface area contributed by atoms with Crippen LogP contribution in [0.25, 0.3) is 21.9 Å². The number of rotatable bonds is 1. The van der Waals surface area contributed by atoms with Gasteiger partial charge in [-0.15, -0.1) is 0 Å². The summed E-state index contributed by atoms with van der Waals surface area (Å²) >= 11 is 0. The van der Waals surface area contributed by atoms with E-state index in [9.17, 15) is 9.59 Å². The topological polar surface area (TPSA) is 80.3 Å². The number of benzene rings is 3. The molecular formula is C20H10O7. The fourth-order valence-electron chi connectivity index (χ4n) is 3.71. The predicted octanol–water partition coefficient (Wildman–Crippen LogP) is 3.27. The lowest BCUT2D eigenvalue weighted by Gasteiger charge is -2.12. The van der Waals surface area contributed by atoms with Gasteiger partial charge in [-0.2, -0.15) is 0 Å². The highest BCUT2D eigenvalue weighted by molar-refractivity contribution is 6.22. The summed E-state index contributed by atoms with van der Waals surface area (Å²) in [6, 6.07) is 10.6. The van der Waals surface area contributed by atoms with E-state index < -0.39 is 11.9 Å². The lowest BCUT2D eigenvalue weighted by molar-refractivity contribution is 0.0444. The fraction of sp³-hybridized carbons (Fsp3) is 0.100. The van der Waals surface area contributed by atoms with E-state index in [4.69, 9.17) is 23.7 Å². The SMILES string of the molecule is O=C1OC(=O)c2c1cc1cc3c(cc1c2-c1ccc2c(c1)OCO2)OCO3. The molecule has 6 rings (SSSR count). The maximum atomic E-state index is 12.4. The lowest BCUT2D eigenvalue weighted by atomic mass is 9.90.